The molecule has 0 amide bonds. The number of azo groups is 1. The van der Waals surface area contributed by atoms with Crippen molar-refractivity contribution in [2.24, 2.45) is 10.2 Å². The van der Waals surface area contributed by atoms with Crippen molar-refractivity contribution >= 4 is 38.1 Å². The molecule has 0 radical (unpaired) electrons. The van der Waals surface area contributed by atoms with E-state index < -0.39 is 0 Å². The third kappa shape index (κ3) is 2.56. The maximum atomic E-state index is 10.2. The summed E-state index contributed by atoms with van der Waals surface area (Å²) in [6.45, 7) is 0. The number of halogens is 1. The SMILES string of the molecule is Oc1c(N=Nc2ccc(Br)cc2)ccc2ccccc12. The molecule has 0 fully saturated rings. The Morgan fingerprint density at radius 3 is 2.35 bits per heavy atom. The Morgan fingerprint density at radius 2 is 1.55 bits per heavy atom. The van der Waals surface area contributed by atoms with Crippen LogP contribution in [-0.2, 0) is 0 Å². The molecule has 0 aliphatic rings. The molecule has 0 spiro atoms. The van der Waals surface area contributed by atoms with E-state index in [0.29, 0.717) is 5.69 Å². The van der Waals surface area contributed by atoms with Gasteiger partial charge in [-0.3, -0.25) is 0 Å². The summed E-state index contributed by atoms with van der Waals surface area (Å²) in [5, 5.41) is 20.2. The van der Waals surface area contributed by atoms with Gasteiger partial charge in [-0.25, -0.2) is 0 Å². The first-order chi connectivity index (χ1) is 9.74. The Morgan fingerprint density at radius 1 is 0.800 bits per heavy atom. The molecule has 1 N–H and O–H groups in total. The summed E-state index contributed by atoms with van der Waals surface area (Å²) in [5.74, 6) is 0.156. The van der Waals surface area contributed by atoms with Gasteiger partial charge in [-0.1, -0.05) is 46.3 Å². The van der Waals surface area contributed by atoms with Crippen LogP contribution in [0.2, 0.25) is 0 Å². The van der Waals surface area contributed by atoms with Crippen molar-refractivity contribution in [2.75, 3.05) is 0 Å². The van der Waals surface area contributed by atoms with Crippen LogP contribution >= 0.6 is 15.9 Å². The van der Waals surface area contributed by atoms with Gasteiger partial charge >= 0.3 is 0 Å². The number of phenols is 1. The minimum absolute atomic E-state index is 0.156. The van der Waals surface area contributed by atoms with Crippen LogP contribution in [0.1, 0.15) is 0 Å². The van der Waals surface area contributed by atoms with Gasteiger partial charge in [0.15, 0.2) is 5.75 Å². The molecule has 0 heterocycles. The van der Waals surface area contributed by atoms with E-state index in [9.17, 15) is 5.11 Å². The predicted octanol–water partition coefficient (Wildman–Crippen LogP) is 5.72. The molecule has 0 aromatic heterocycles. The maximum absolute atomic E-state index is 10.2. The van der Waals surface area contributed by atoms with Gasteiger partial charge in [0, 0.05) is 9.86 Å². The summed E-state index contributed by atoms with van der Waals surface area (Å²) < 4.78 is 0.991. The second kappa shape index (κ2) is 5.43. The van der Waals surface area contributed by atoms with Gasteiger partial charge in [-0.15, -0.1) is 5.11 Å². The number of aromatic hydroxyl groups is 1. The Labute approximate surface area is 124 Å². The fourth-order valence-corrected chi connectivity index (χ4v) is 2.21. The third-order valence-electron chi connectivity index (χ3n) is 2.98. The van der Waals surface area contributed by atoms with Gasteiger partial charge in [-0.2, -0.15) is 5.11 Å². The van der Waals surface area contributed by atoms with Crippen molar-refractivity contribution < 1.29 is 5.11 Å². The first-order valence-electron chi connectivity index (χ1n) is 6.12. The molecule has 0 unspecified atom stereocenters. The number of hydrogen-bond donors (Lipinski definition) is 1. The number of hydrogen-bond acceptors (Lipinski definition) is 3. The van der Waals surface area contributed by atoms with E-state index in [0.717, 1.165) is 20.9 Å². The van der Waals surface area contributed by atoms with E-state index in [1.807, 2.05) is 54.6 Å². The standard InChI is InChI=1S/C16H11BrN2O/c17-12-6-8-13(9-7-12)18-19-15-10-5-11-3-1-2-4-14(11)16(15)20/h1-10,20H. The van der Waals surface area contributed by atoms with E-state index in [1.165, 1.54) is 0 Å². The van der Waals surface area contributed by atoms with Gasteiger partial charge in [0.1, 0.15) is 5.69 Å². The van der Waals surface area contributed by atoms with Crippen LogP contribution in [0.25, 0.3) is 10.8 Å². The molecule has 0 atom stereocenters. The number of benzene rings is 3. The molecule has 3 aromatic rings. The zero-order valence-electron chi connectivity index (χ0n) is 10.5. The lowest BCUT2D eigenvalue weighted by Gasteiger charge is -2.03. The number of phenolic OH excluding ortho intramolecular Hbond substituents is 1. The van der Waals surface area contributed by atoms with Gasteiger partial charge in [0.25, 0.3) is 0 Å². The van der Waals surface area contributed by atoms with Crippen LogP contribution in [0.15, 0.2) is 75.4 Å². The fraction of sp³-hybridized carbons (Fsp3) is 0. The van der Waals surface area contributed by atoms with Crippen molar-refractivity contribution in [2.45, 2.75) is 0 Å². The lowest BCUT2D eigenvalue weighted by Crippen LogP contribution is -1.74. The molecular weight excluding hydrogens is 316 g/mol. The van der Waals surface area contributed by atoms with Gasteiger partial charge in [0.2, 0.25) is 0 Å². The predicted molar refractivity (Wildman–Crippen MR) is 83.9 cm³/mol. The summed E-state index contributed by atoms with van der Waals surface area (Å²) >= 11 is 3.37. The normalized spacial score (nSPS) is 11.2. The second-order valence-corrected chi connectivity index (χ2v) is 5.25. The highest BCUT2D eigenvalue weighted by Crippen LogP contribution is 2.35. The summed E-state index contributed by atoms with van der Waals surface area (Å²) in [7, 11) is 0. The minimum Gasteiger partial charge on any atom is -0.505 e. The first-order valence-corrected chi connectivity index (χ1v) is 6.91. The maximum Gasteiger partial charge on any atom is 0.150 e. The highest BCUT2D eigenvalue weighted by atomic mass is 79.9. The third-order valence-corrected chi connectivity index (χ3v) is 3.51. The zero-order chi connectivity index (χ0) is 13.9. The molecule has 0 saturated heterocycles. The zero-order valence-corrected chi connectivity index (χ0v) is 12.1. The topological polar surface area (TPSA) is 45.0 Å². The highest BCUT2D eigenvalue weighted by Gasteiger charge is 2.04. The molecule has 0 saturated carbocycles. The van der Waals surface area contributed by atoms with Gasteiger partial charge in [-0.05, 0) is 35.7 Å². The van der Waals surface area contributed by atoms with E-state index >= 15 is 0 Å². The van der Waals surface area contributed by atoms with Crippen LogP contribution in [0.3, 0.4) is 0 Å². The number of rotatable bonds is 2. The fourth-order valence-electron chi connectivity index (χ4n) is 1.94. The van der Waals surface area contributed by atoms with Crippen LogP contribution in [0, 0.1) is 0 Å². The van der Waals surface area contributed by atoms with E-state index in [2.05, 4.69) is 26.2 Å². The van der Waals surface area contributed by atoms with E-state index in [1.54, 1.807) is 6.07 Å². The molecule has 3 aromatic carbocycles. The van der Waals surface area contributed by atoms with Crippen molar-refractivity contribution in [3.05, 3.63) is 65.1 Å². The van der Waals surface area contributed by atoms with Gasteiger partial charge in [0.05, 0.1) is 5.69 Å². The molecule has 3 nitrogen and oxygen atoms in total. The van der Waals surface area contributed by atoms with Crippen LogP contribution in [0.4, 0.5) is 11.4 Å². The Balaban J connectivity index is 1.98. The quantitative estimate of drug-likeness (QED) is 0.601. The molecule has 0 aliphatic carbocycles. The number of fused-ring (bicyclic) bond motifs is 1. The van der Waals surface area contributed by atoms with E-state index in [4.69, 9.17) is 0 Å². The van der Waals surface area contributed by atoms with Crippen molar-refractivity contribution in [1.82, 2.24) is 0 Å². The van der Waals surface area contributed by atoms with Crippen molar-refractivity contribution in [3.8, 4) is 5.75 Å². The monoisotopic (exact) mass is 326 g/mol. The molecule has 0 bridgehead atoms. The molecule has 20 heavy (non-hydrogen) atoms. The smallest absolute Gasteiger partial charge is 0.150 e. The van der Waals surface area contributed by atoms with Crippen molar-refractivity contribution in [1.29, 1.82) is 0 Å². The van der Waals surface area contributed by atoms with E-state index in [-0.39, 0.29) is 5.75 Å². The van der Waals surface area contributed by atoms with Crippen LogP contribution in [0.5, 0.6) is 5.75 Å². The molecule has 3 rings (SSSR count). The molecule has 98 valence electrons. The summed E-state index contributed by atoms with van der Waals surface area (Å²) in [5.41, 5.74) is 1.20. The average molecular weight is 327 g/mol. The Hall–Kier alpha value is -2.20. The summed E-state index contributed by atoms with van der Waals surface area (Å²) in [4.78, 5) is 0. The number of nitrogens with zero attached hydrogens (tertiary/aromatic N) is 2. The lowest BCUT2D eigenvalue weighted by atomic mass is 10.1. The second-order valence-electron chi connectivity index (χ2n) is 4.33. The Kier molecular flexibility index (Phi) is 3.48. The molecular formula is C16H11BrN2O. The van der Waals surface area contributed by atoms with Crippen LogP contribution in [-0.4, -0.2) is 5.11 Å². The molecule has 0 aliphatic heterocycles. The summed E-state index contributed by atoms with van der Waals surface area (Å²) in [6, 6.07) is 18.8. The van der Waals surface area contributed by atoms with Gasteiger partial charge < -0.3 is 5.11 Å². The average Bonchev–Trinajstić information content (AvgIpc) is 2.49. The Bertz CT molecular complexity index is 782. The minimum atomic E-state index is 0.156. The lowest BCUT2D eigenvalue weighted by molar-refractivity contribution is 0.482. The highest BCUT2D eigenvalue weighted by molar-refractivity contribution is 9.10. The van der Waals surface area contributed by atoms with Crippen LogP contribution < -0.4 is 0 Å². The molecule has 4 heteroatoms. The summed E-state index contributed by atoms with van der Waals surface area (Å²) in [6.07, 6.45) is 0. The largest absolute Gasteiger partial charge is 0.505 e. The first kappa shape index (κ1) is 12.8. The van der Waals surface area contributed by atoms with Crippen molar-refractivity contribution in [3.63, 3.8) is 0 Å².